The Balaban J connectivity index is 1.94. The Morgan fingerprint density at radius 3 is 1.21 bits per heavy atom. The number of hydrogen-bond acceptors (Lipinski definition) is 7. The SMILES string of the molecule is O=Cc1cc(C=O)cc(-c2ccc(-c3cc(C=O)cc(C=O)c3)c3nonc23)c1. The predicted octanol–water partition coefficient (Wildman–Crippen LogP) is 3.81. The smallest absolute Gasteiger partial charge is 0.150 e. The molecule has 0 unspecified atom stereocenters. The van der Waals surface area contributed by atoms with E-state index >= 15 is 0 Å². The Morgan fingerprint density at radius 2 is 0.897 bits per heavy atom. The zero-order valence-corrected chi connectivity index (χ0v) is 14.9. The molecule has 1 aromatic heterocycles. The Hall–Kier alpha value is -4.26. The summed E-state index contributed by atoms with van der Waals surface area (Å²) >= 11 is 0. The largest absolute Gasteiger partial charge is 0.298 e. The molecule has 0 aliphatic rings. The van der Waals surface area contributed by atoms with Crippen LogP contribution < -0.4 is 0 Å². The highest BCUT2D eigenvalue weighted by Crippen LogP contribution is 2.34. The number of aromatic nitrogens is 2. The Kier molecular flexibility index (Phi) is 4.62. The minimum absolute atomic E-state index is 0.354. The minimum Gasteiger partial charge on any atom is -0.298 e. The molecule has 0 saturated heterocycles. The number of nitrogens with zero attached hydrogens (tertiary/aromatic N) is 2. The number of benzene rings is 3. The fourth-order valence-electron chi connectivity index (χ4n) is 3.27. The molecule has 0 atom stereocenters. The monoisotopic (exact) mass is 384 g/mol. The van der Waals surface area contributed by atoms with Gasteiger partial charge in [-0.05, 0) is 57.8 Å². The van der Waals surface area contributed by atoms with Crippen molar-refractivity contribution in [2.24, 2.45) is 0 Å². The van der Waals surface area contributed by atoms with Crippen LogP contribution in [0.1, 0.15) is 41.4 Å². The number of hydrogen-bond donors (Lipinski definition) is 0. The molecule has 140 valence electrons. The first-order valence-corrected chi connectivity index (χ1v) is 8.53. The number of carbonyl (C=O) groups excluding carboxylic acids is 4. The van der Waals surface area contributed by atoms with Gasteiger partial charge in [-0.1, -0.05) is 12.1 Å². The molecule has 3 aromatic carbocycles. The van der Waals surface area contributed by atoms with Crippen LogP contribution in [-0.2, 0) is 0 Å². The van der Waals surface area contributed by atoms with E-state index < -0.39 is 0 Å². The van der Waals surface area contributed by atoms with E-state index in [0.717, 1.165) is 0 Å². The fraction of sp³-hybridized carbons (Fsp3) is 0. The van der Waals surface area contributed by atoms with Gasteiger partial charge in [0.25, 0.3) is 0 Å². The molecule has 29 heavy (non-hydrogen) atoms. The van der Waals surface area contributed by atoms with Crippen LogP contribution in [0.2, 0.25) is 0 Å². The number of carbonyl (C=O) groups is 4. The Morgan fingerprint density at radius 1 is 0.552 bits per heavy atom. The first-order valence-electron chi connectivity index (χ1n) is 8.53. The van der Waals surface area contributed by atoms with Gasteiger partial charge in [0.2, 0.25) is 0 Å². The van der Waals surface area contributed by atoms with Crippen molar-refractivity contribution in [2.45, 2.75) is 0 Å². The van der Waals surface area contributed by atoms with Crippen molar-refractivity contribution in [1.29, 1.82) is 0 Å². The summed E-state index contributed by atoms with van der Waals surface area (Å²) < 4.78 is 4.94. The molecule has 0 saturated carbocycles. The van der Waals surface area contributed by atoms with E-state index in [1.54, 1.807) is 36.4 Å². The van der Waals surface area contributed by atoms with Crippen molar-refractivity contribution in [1.82, 2.24) is 10.3 Å². The van der Waals surface area contributed by atoms with Crippen LogP contribution in [0.25, 0.3) is 33.3 Å². The lowest BCUT2D eigenvalue weighted by atomic mass is 9.94. The van der Waals surface area contributed by atoms with E-state index in [0.29, 0.717) is 80.7 Å². The summed E-state index contributed by atoms with van der Waals surface area (Å²) in [7, 11) is 0. The van der Waals surface area contributed by atoms with Gasteiger partial charge in [0.15, 0.2) is 0 Å². The van der Waals surface area contributed by atoms with Crippen LogP contribution in [0.3, 0.4) is 0 Å². The first-order chi connectivity index (χ1) is 14.2. The number of rotatable bonds is 6. The van der Waals surface area contributed by atoms with Crippen molar-refractivity contribution in [2.75, 3.05) is 0 Å². The number of fused-ring (bicyclic) bond motifs is 1. The van der Waals surface area contributed by atoms with E-state index in [4.69, 9.17) is 4.63 Å². The zero-order valence-electron chi connectivity index (χ0n) is 14.9. The highest BCUT2D eigenvalue weighted by molar-refractivity contribution is 6.02. The minimum atomic E-state index is 0.354. The molecular formula is C22H12N2O5. The first kappa shape index (κ1) is 18.1. The highest BCUT2D eigenvalue weighted by Gasteiger charge is 2.16. The molecule has 4 aromatic rings. The predicted molar refractivity (Wildman–Crippen MR) is 104 cm³/mol. The van der Waals surface area contributed by atoms with Crippen LogP contribution in [0.15, 0.2) is 53.2 Å². The van der Waals surface area contributed by atoms with Crippen LogP contribution in [-0.4, -0.2) is 35.5 Å². The average Bonchev–Trinajstić information content (AvgIpc) is 3.27. The maximum Gasteiger partial charge on any atom is 0.150 e. The molecule has 0 aliphatic heterocycles. The highest BCUT2D eigenvalue weighted by atomic mass is 16.6. The Labute approximate surface area is 163 Å². The molecule has 0 aliphatic carbocycles. The topological polar surface area (TPSA) is 107 Å². The standard InChI is InChI=1S/C22H12N2O5/c25-9-13-3-14(10-26)6-17(5-13)19-1-2-20(22-21(19)23-29-24-22)18-7-15(11-27)4-16(8-18)12-28/h1-12H. The lowest BCUT2D eigenvalue weighted by molar-refractivity contribution is 0.111. The lowest BCUT2D eigenvalue weighted by Crippen LogP contribution is -1.92. The second-order valence-corrected chi connectivity index (χ2v) is 6.37. The molecule has 0 amide bonds. The number of aldehydes is 4. The van der Waals surface area contributed by atoms with Crippen LogP contribution in [0.4, 0.5) is 0 Å². The summed E-state index contributed by atoms with van der Waals surface area (Å²) in [5.74, 6) is 0. The molecule has 0 bridgehead atoms. The van der Waals surface area contributed by atoms with Gasteiger partial charge in [-0.3, -0.25) is 19.2 Å². The zero-order chi connectivity index (χ0) is 20.4. The van der Waals surface area contributed by atoms with Gasteiger partial charge in [0.05, 0.1) is 0 Å². The second kappa shape index (κ2) is 7.40. The Bertz CT molecular complexity index is 1140. The third-order valence-electron chi connectivity index (χ3n) is 4.54. The van der Waals surface area contributed by atoms with E-state index in [9.17, 15) is 19.2 Å². The summed E-state index contributed by atoms with van der Waals surface area (Å²) in [6.45, 7) is 0. The van der Waals surface area contributed by atoms with E-state index in [-0.39, 0.29) is 0 Å². The van der Waals surface area contributed by atoms with Gasteiger partial charge in [-0.2, -0.15) is 0 Å². The van der Waals surface area contributed by atoms with Gasteiger partial charge in [0, 0.05) is 33.4 Å². The van der Waals surface area contributed by atoms with E-state index in [1.165, 1.54) is 12.1 Å². The molecule has 0 spiro atoms. The maximum atomic E-state index is 11.2. The molecule has 4 rings (SSSR count). The summed E-state index contributed by atoms with van der Waals surface area (Å²) in [4.78, 5) is 44.8. The average molecular weight is 384 g/mol. The van der Waals surface area contributed by atoms with Gasteiger partial charge in [0.1, 0.15) is 36.2 Å². The molecule has 0 radical (unpaired) electrons. The van der Waals surface area contributed by atoms with Gasteiger partial charge >= 0.3 is 0 Å². The third kappa shape index (κ3) is 3.25. The van der Waals surface area contributed by atoms with Gasteiger partial charge < -0.3 is 0 Å². The van der Waals surface area contributed by atoms with Crippen molar-refractivity contribution < 1.29 is 23.8 Å². The normalized spacial score (nSPS) is 10.6. The van der Waals surface area contributed by atoms with Crippen LogP contribution in [0.5, 0.6) is 0 Å². The molecule has 1 heterocycles. The van der Waals surface area contributed by atoms with Crippen molar-refractivity contribution in [3.8, 4) is 22.3 Å². The van der Waals surface area contributed by atoms with Crippen molar-refractivity contribution >= 4 is 36.2 Å². The van der Waals surface area contributed by atoms with Gasteiger partial charge in [-0.15, -0.1) is 0 Å². The quantitative estimate of drug-likeness (QED) is 0.465. The summed E-state index contributed by atoms with van der Waals surface area (Å²) in [5, 5.41) is 7.95. The van der Waals surface area contributed by atoms with Crippen LogP contribution >= 0.6 is 0 Å². The van der Waals surface area contributed by atoms with E-state index in [2.05, 4.69) is 10.3 Å². The lowest BCUT2D eigenvalue weighted by Gasteiger charge is -2.08. The summed E-state index contributed by atoms with van der Waals surface area (Å²) in [5.41, 5.74) is 4.73. The van der Waals surface area contributed by atoms with Crippen molar-refractivity contribution in [3.63, 3.8) is 0 Å². The molecule has 0 N–H and O–H groups in total. The summed E-state index contributed by atoms with van der Waals surface area (Å²) in [6.07, 6.45) is 2.65. The van der Waals surface area contributed by atoms with Gasteiger partial charge in [-0.25, -0.2) is 4.63 Å². The van der Waals surface area contributed by atoms with Crippen LogP contribution in [0, 0.1) is 0 Å². The fourth-order valence-corrected chi connectivity index (χ4v) is 3.27. The second-order valence-electron chi connectivity index (χ2n) is 6.37. The summed E-state index contributed by atoms with van der Waals surface area (Å²) in [6, 6.07) is 13.1. The molecule has 7 heteroatoms. The molecular weight excluding hydrogens is 372 g/mol. The van der Waals surface area contributed by atoms with E-state index in [1.807, 2.05) is 0 Å². The van der Waals surface area contributed by atoms with Crippen molar-refractivity contribution in [3.05, 3.63) is 70.8 Å². The molecule has 0 fully saturated rings. The third-order valence-corrected chi connectivity index (χ3v) is 4.54. The maximum absolute atomic E-state index is 11.2. The molecule has 7 nitrogen and oxygen atoms in total.